The number of rotatable bonds is 31. The van der Waals surface area contributed by atoms with Crippen molar-refractivity contribution in [2.45, 2.75) is 165 Å². The number of carbonyl (C=O) groups excluding carboxylic acids is 4. The summed E-state index contributed by atoms with van der Waals surface area (Å²) >= 11 is 0. The van der Waals surface area contributed by atoms with Gasteiger partial charge >= 0.3 is 12.0 Å². The van der Waals surface area contributed by atoms with Crippen LogP contribution in [0.1, 0.15) is 169 Å². The minimum Gasteiger partial charge on any atom is -0.467 e. The molecule has 400 valence electrons. The number of carbonyl (C=O) groups is 4. The van der Waals surface area contributed by atoms with Crippen molar-refractivity contribution in [3.63, 3.8) is 0 Å². The molecule has 0 saturated heterocycles. The number of benzene rings is 1. The minimum atomic E-state index is -0.412. The lowest BCUT2D eigenvalue weighted by Gasteiger charge is -2.20. The van der Waals surface area contributed by atoms with Crippen LogP contribution in [0.4, 0.5) is 17.3 Å². The van der Waals surface area contributed by atoms with E-state index in [0.29, 0.717) is 36.5 Å². The molecule has 17 heteroatoms. The monoisotopic (exact) mass is 997 g/mol. The molecule has 1 heterocycles. The Bertz CT molecular complexity index is 1520. The quantitative estimate of drug-likeness (QED) is 0.0156. The number of nitrogen functional groups attached to an aromatic ring is 1. The van der Waals surface area contributed by atoms with Crippen molar-refractivity contribution in [2.24, 2.45) is 5.41 Å². The second-order valence-electron chi connectivity index (χ2n) is 15.6. The van der Waals surface area contributed by atoms with Gasteiger partial charge in [-0.1, -0.05) is 143 Å². The van der Waals surface area contributed by atoms with Gasteiger partial charge in [-0.3, -0.25) is 19.3 Å². The first kappa shape index (κ1) is 73.7. The summed E-state index contributed by atoms with van der Waals surface area (Å²) in [7, 11) is 6.03. The molecule has 0 aliphatic heterocycles. The molecule has 2 aromatic rings. The number of aldehydes is 2. The van der Waals surface area contributed by atoms with E-state index < -0.39 is 6.10 Å². The van der Waals surface area contributed by atoms with Crippen molar-refractivity contribution in [2.75, 3.05) is 70.6 Å². The zero-order valence-corrected chi connectivity index (χ0v) is 44.9. The second-order valence-corrected chi connectivity index (χ2v) is 16.0. The molecule has 6 N–H and O–H groups in total. The van der Waals surface area contributed by atoms with Crippen LogP contribution in [0.3, 0.4) is 0 Å². The molecule has 1 aromatic heterocycles. The molecule has 69 heavy (non-hydrogen) atoms. The van der Waals surface area contributed by atoms with Crippen LogP contribution >= 0.6 is 9.03 Å². The van der Waals surface area contributed by atoms with Crippen LogP contribution in [0.25, 0.3) is 0 Å². The van der Waals surface area contributed by atoms with Crippen LogP contribution in [0.2, 0.25) is 0 Å². The lowest BCUT2D eigenvalue weighted by molar-refractivity contribution is -0.148. The number of likely N-dealkylation sites (N-methyl/N-ethyl adjacent to an activating group) is 1. The van der Waals surface area contributed by atoms with Crippen molar-refractivity contribution >= 4 is 51.3 Å². The number of allylic oxidation sites excluding steroid dienone is 4. The lowest BCUT2D eigenvalue weighted by Crippen LogP contribution is -2.24. The Morgan fingerprint density at radius 3 is 1.90 bits per heavy atom. The maximum atomic E-state index is 11.5. The Labute approximate surface area is 420 Å². The SMILES string of the molecule is C.C/C=C\CCCCCCCC=O.CC.CC.CNCCOPO.CNc1c(N)nc(OC)nc1N(C=O)Cc1ccc(C=O)cc1.COC(CO)COC(=O)CCCCCCC/C=C\C(C)(C)C. The van der Waals surface area contributed by atoms with Crippen molar-refractivity contribution in [1.82, 2.24) is 15.3 Å². The third-order valence-electron chi connectivity index (χ3n) is 8.98. The number of unbranched alkanes of at least 4 members (excludes halogenated alkanes) is 11. The molecular formula is C52H97N6O10P. The molecule has 1 aromatic carbocycles. The first-order valence-electron chi connectivity index (χ1n) is 24.2. The fourth-order valence-corrected chi connectivity index (χ4v) is 5.58. The number of aliphatic hydroxyl groups is 1. The Balaban J connectivity index is -0.000000275. The Kier molecular flexibility index (Phi) is 58.3. The number of ether oxygens (including phenoxy) is 3. The maximum Gasteiger partial charge on any atom is 0.320 e. The van der Waals surface area contributed by atoms with Gasteiger partial charge in [0.05, 0.1) is 26.9 Å². The van der Waals surface area contributed by atoms with Crippen molar-refractivity contribution < 1.29 is 47.9 Å². The third kappa shape index (κ3) is 45.9. The number of hydrogen-bond donors (Lipinski definition) is 5. The standard InChI is InChI=1S/C18H34O4.C15H17N5O3.C11H20O.C3H10NO2P.2C2H6.CH4/c1-18(2,3)13-11-9-7-5-6-8-10-12-17(20)22-15-16(14-19)21-4;1-17-12-13(16)18-15(23-2)19-14(12)20(9-22)7-10-3-5-11(8-21)6-4-10;1-2-3-4-5-6-7-8-9-10-11-12;1-4-2-3-6-7-5;2*1-2;/h11,13,16,19H,5-10,12,14-15H2,1-4H3;3-6,8-9,17H,7H2,1-2H3,(H2,16,18,19);2-3,11H,4-10H2,1H3;4-5,7H,2-3H2,1H3;2*1-2H3;1H4/b13-11-;;3-2-;;;;. The van der Waals surface area contributed by atoms with Crippen molar-refractivity contribution in [3.05, 3.63) is 59.7 Å². The fourth-order valence-electron chi connectivity index (χ4n) is 5.38. The van der Waals surface area contributed by atoms with Gasteiger partial charge in [0.2, 0.25) is 6.41 Å². The van der Waals surface area contributed by atoms with Gasteiger partial charge in [0.1, 0.15) is 31.0 Å². The highest BCUT2D eigenvalue weighted by atomic mass is 31.1. The number of aliphatic hydroxyl groups excluding tert-OH is 1. The number of amides is 1. The Morgan fingerprint density at radius 1 is 0.870 bits per heavy atom. The van der Waals surface area contributed by atoms with E-state index in [1.165, 1.54) is 64.1 Å². The van der Waals surface area contributed by atoms with Crippen LogP contribution < -0.4 is 26.0 Å². The molecule has 0 fully saturated rings. The summed E-state index contributed by atoms with van der Waals surface area (Å²) in [5, 5.41) is 14.6. The van der Waals surface area contributed by atoms with E-state index in [2.05, 4.69) is 77.1 Å². The van der Waals surface area contributed by atoms with Gasteiger partial charge in [0.25, 0.3) is 0 Å². The van der Waals surface area contributed by atoms with Gasteiger partial charge in [-0.25, -0.2) is 0 Å². The first-order chi connectivity index (χ1) is 32.8. The van der Waals surface area contributed by atoms with Crippen LogP contribution in [0.5, 0.6) is 6.01 Å². The molecule has 2 atom stereocenters. The zero-order valence-electron chi connectivity index (χ0n) is 43.9. The highest BCUT2D eigenvalue weighted by Gasteiger charge is 2.18. The molecule has 0 saturated carbocycles. The molecule has 0 radical (unpaired) electrons. The second kappa shape index (κ2) is 54.6. The molecule has 2 rings (SSSR count). The fraction of sp³-hybridized carbons (Fsp3) is 0.654. The average molecular weight is 997 g/mol. The molecule has 1 amide bonds. The number of methoxy groups -OCH3 is 2. The third-order valence-corrected chi connectivity index (χ3v) is 9.32. The first-order valence-corrected chi connectivity index (χ1v) is 25.0. The van der Waals surface area contributed by atoms with E-state index in [0.717, 1.165) is 63.2 Å². The number of esters is 1. The lowest BCUT2D eigenvalue weighted by atomic mass is 9.95. The van der Waals surface area contributed by atoms with Crippen LogP contribution in [0.15, 0.2) is 48.6 Å². The summed E-state index contributed by atoms with van der Waals surface area (Å²) in [6, 6.07) is 6.96. The maximum absolute atomic E-state index is 11.5. The summed E-state index contributed by atoms with van der Waals surface area (Å²) in [6.07, 6.45) is 26.1. The number of nitrogens with two attached hydrogens (primary N) is 1. The molecule has 16 nitrogen and oxygen atoms in total. The summed E-state index contributed by atoms with van der Waals surface area (Å²) < 4.78 is 19.6. The molecule has 0 aliphatic rings. The number of nitrogens with one attached hydrogen (secondary N) is 2. The minimum absolute atomic E-state index is 0. The van der Waals surface area contributed by atoms with E-state index in [-0.39, 0.29) is 59.4 Å². The molecule has 2 unspecified atom stereocenters. The number of nitrogens with zero attached hydrogens (tertiary/aromatic N) is 3. The van der Waals surface area contributed by atoms with Gasteiger partial charge in [0.15, 0.2) is 20.7 Å². The van der Waals surface area contributed by atoms with E-state index in [4.69, 9.17) is 29.9 Å². The molecule has 0 bridgehead atoms. The van der Waals surface area contributed by atoms with Crippen LogP contribution in [-0.2, 0) is 34.9 Å². The summed E-state index contributed by atoms with van der Waals surface area (Å²) in [4.78, 5) is 61.3. The smallest absolute Gasteiger partial charge is 0.320 e. The van der Waals surface area contributed by atoms with Gasteiger partial charge in [-0.2, -0.15) is 9.97 Å². The highest BCUT2D eigenvalue weighted by Crippen LogP contribution is 2.30. The Morgan fingerprint density at radius 2 is 1.43 bits per heavy atom. The number of hydrogen-bond acceptors (Lipinski definition) is 15. The topological polar surface area (TPSA) is 225 Å². The summed E-state index contributed by atoms with van der Waals surface area (Å²) in [5.74, 6) is 0.285. The summed E-state index contributed by atoms with van der Waals surface area (Å²) in [6.45, 7) is 18.3. The van der Waals surface area contributed by atoms with Crippen LogP contribution in [-0.4, -0.2) is 106 Å². The van der Waals surface area contributed by atoms with Crippen LogP contribution in [0, 0.1) is 5.41 Å². The molecule has 0 spiro atoms. The van der Waals surface area contributed by atoms with Crippen molar-refractivity contribution in [1.29, 1.82) is 0 Å². The predicted octanol–water partition coefficient (Wildman–Crippen LogP) is 10.9. The van der Waals surface area contributed by atoms with E-state index in [1.807, 2.05) is 34.7 Å². The van der Waals surface area contributed by atoms with Crippen molar-refractivity contribution in [3.8, 4) is 6.01 Å². The zero-order chi connectivity index (χ0) is 52.3. The largest absolute Gasteiger partial charge is 0.467 e. The summed E-state index contributed by atoms with van der Waals surface area (Å²) in [5.41, 5.74) is 7.97. The van der Waals surface area contributed by atoms with Gasteiger partial charge < -0.3 is 49.9 Å². The van der Waals surface area contributed by atoms with Gasteiger partial charge in [-0.15, -0.1) is 0 Å². The highest BCUT2D eigenvalue weighted by molar-refractivity contribution is 7.24. The number of anilines is 3. The van der Waals surface area contributed by atoms with E-state index in [1.54, 1.807) is 31.3 Å². The average Bonchev–Trinajstić information content (AvgIpc) is 3.35. The van der Waals surface area contributed by atoms with Gasteiger partial charge in [-0.05, 0) is 63.5 Å². The van der Waals surface area contributed by atoms with E-state index >= 15 is 0 Å². The molecule has 0 aliphatic carbocycles. The normalized spacial score (nSPS) is 10.8. The predicted molar refractivity (Wildman–Crippen MR) is 289 cm³/mol. The van der Waals surface area contributed by atoms with Gasteiger partial charge in [0, 0.05) is 39.1 Å². The number of aromatic nitrogens is 2. The Hall–Kier alpha value is -4.31. The molecular weight excluding hydrogens is 900 g/mol. The van der Waals surface area contributed by atoms with E-state index in [9.17, 15) is 19.2 Å².